The fourth-order valence-corrected chi connectivity index (χ4v) is 2.43. The Hall–Kier alpha value is -2.75. The fraction of sp³-hybridized carbons (Fsp3) is 0.286. The van der Waals surface area contributed by atoms with Gasteiger partial charge < -0.3 is 14.8 Å². The summed E-state index contributed by atoms with van der Waals surface area (Å²) in [6.45, 7) is 6.96. The molecule has 0 heterocycles. The molecular formula is C21H25NO3. The zero-order valence-corrected chi connectivity index (χ0v) is 15.0. The third-order valence-electron chi connectivity index (χ3n) is 3.65. The maximum absolute atomic E-state index is 12.1. The van der Waals surface area contributed by atoms with Crippen molar-refractivity contribution in [1.29, 1.82) is 0 Å². The molecule has 2 aromatic carbocycles. The minimum Gasteiger partial charge on any atom is -0.490 e. The lowest BCUT2D eigenvalue weighted by Crippen LogP contribution is -2.24. The average molecular weight is 339 g/mol. The average Bonchev–Trinajstić information content (AvgIpc) is 2.63. The van der Waals surface area contributed by atoms with E-state index in [1.54, 1.807) is 6.08 Å². The molecule has 1 atom stereocenters. The number of carbonyl (C=O) groups is 1. The molecule has 0 saturated heterocycles. The van der Waals surface area contributed by atoms with Crippen LogP contribution < -0.4 is 14.8 Å². The molecule has 1 amide bonds. The lowest BCUT2D eigenvalue weighted by Gasteiger charge is -2.13. The van der Waals surface area contributed by atoms with E-state index in [0.29, 0.717) is 24.7 Å². The van der Waals surface area contributed by atoms with Crippen LogP contribution in [-0.4, -0.2) is 19.1 Å². The molecule has 4 heteroatoms. The van der Waals surface area contributed by atoms with E-state index in [1.807, 2.05) is 69.3 Å². The minimum absolute atomic E-state index is 0.0438. The van der Waals surface area contributed by atoms with Gasteiger partial charge in [0.15, 0.2) is 11.5 Å². The summed E-state index contributed by atoms with van der Waals surface area (Å²) in [4.78, 5) is 12.1. The highest BCUT2D eigenvalue weighted by Crippen LogP contribution is 2.29. The van der Waals surface area contributed by atoms with Gasteiger partial charge in [-0.3, -0.25) is 4.79 Å². The minimum atomic E-state index is -0.136. The maximum atomic E-state index is 12.1. The molecule has 0 aliphatic carbocycles. The van der Waals surface area contributed by atoms with Crippen molar-refractivity contribution < 1.29 is 14.3 Å². The van der Waals surface area contributed by atoms with E-state index in [0.717, 1.165) is 11.1 Å². The monoisotopic (exact) mass is 339 g/mol. The number of hydrogen-bond donors (Lipinski definition) is 1. The molecule has 0 fully saturated rings. The van der Waals surface area contributed by atoms with Gasteiger partial charge in [-0.25, -0.2) is 0 Å². The molecule has 0 spiro atoms. The lowest BCUT2D eigenvalue weighted by molar-refractivity contribution is -0.117. The molecule has 0 saturated carbocycles. The predicted molar refractivity (Wildman–Crippen MR) is 101 cm³/mol. The van der Waals surface area contributed by atoms with Crippen molar-refractivity contribution in [2.75, 3.05) is 13.2 Å². The molecule has 4 nitrogen and oxygen atoms in total. The largest absolute Gasteiger partial charge is 0.490 e. The van der Waals surface area contributed by atoms with E-state index in [4.69, 9.17) is 9.47 Å². The number of amides is 1. The van der Waals surface area contributed by atoms with Crippen LogP contribution >= 0.6 is 0 Å². The van der Waals surface area contributed by atoms with Crippen molar-refractivity contribution >= 4 is 12.0 Å². The zero-order valence-electron chi connectivity index (χ0n) is 15.0. The Bertz CT molecular complexity index is 710. The van der Waals surface area contributed by atoms with Gasteiger partial charge >= 0.3 is 0 Å². The fourth-order valence-electron chi connectivity index (χ4n) is 2.43. The topological polar surface area (TPSA) is 47.6 Å². The van der Waals surface area contributed by atoms with E-state index in [2.05, 4.69) is 5.32 Å². The summed E-state index contributed by atoms with van der Waals surface area (Å²) in [5.74, 6) is 1.26. The quantitative estimate of drug-likeness (QED) is 0.726. The molecule has 1 N–H and O–H groups in total. The zero-order chi connectivity index (χ0) is 18.1. The second-order valence-corrected chi connectivity index (χ2v) is 5.55. The Morgan fingerprint density at radius 1 is 1.04 bits per heavy atom. The summed E-state index contributed by atoms with van der Waals surface area (Å²) >= 11 is 0. The summed E-state index contributed by atoms with van der Waals surface area (Å²) < 4.78 is 11.1. The molecule has 0 aliphatic rings. The summed E-state index contributed by atoms with van der Waals surface area (Å²) in [6.07, 6.45) is 3.30. The Labute approximate surface area is 149 Å². The van der Waals surface area contributed by atoms with E-state index < -0.39 is 0 Å². The Kier molecular flexibility index (Phi) is 7.08. The van der Waals surface area contributed by atoms with Crippen LogP contribution in [0, 0.1) is 0 Å². The first-order valence-electron chi connectivity index (χ1n) is 8.57. The van der Waals surface area contributed by atoms with Crippen molar-refractivity contribution in [3.05, 3.63) is 65.7 Å². The standard InChI is InChI=1S/C21H25NO3/c1-4-24-19-13-11-17(15-20(19)25-5-2)12-14-21(23)22-16(3)18-9-7-6-8-10-18/h6-16H,4-5H2,1-3H3,(H,22,23)/b14-12+. The number of rotatable bonds is 8. The summed E-state index contributed by atoms with van der Waals surface area (Å²) in [5, 5.41) is 2.96. The molecule has 2 rings (SSSR count). The summed E-state index contributed by atoms with van der Waals surface area (Å²) in [7, 11) is 0. The molecule has 25 heavy (non-hydrogen) atoms. The van der Waals surface area contributed by atoms with Gasteiger partial charge in [-0.05, 0) is 50.1 Å². The van der Waals surface area contributed by atoms with Crippen LogP contribution in [0.3, 0.4) is 0 Å². The Morgan fingerprint density at radius 3 is 2.40 bits per heavy atom. The Morgan fingerprint density at radius 2 is 1.72 bits per heavy atom. The van der Waals surface area contributed by atoms with Crippen molar-refractivity contribution in [2.24, 2.45) is 0 Å². The molecule has 0 aromatic heterocycles. The second-order valence-electron chi connectivity index (χ2n) is 5.55. The molecule has 132 valence electrons. The smallest absolute Gasteiger partial charge is 0.244 e. The van der Waals surface area contributed by atoms with E-state index in [-0.39, 0.29) is 11.9 Å². The van der Waals surface area contributed by atoms with Gasteiger partial charge in [0.2, 0.25) is 5.91 Å². The number of nitrogens with one attached hydrogen (secondary N) is 1. The van der Waals surface area contributed by atoms with Gasteiger partial charge in [0.05, 0.1) is 19.3 Å². The highest BCUT2D eigenvalue weighted by atomic mass is 16.5. The van der Waals surface area contributed by atoms with Crippen molar-refractivity contribution in [1.82, 2.24) is 5.32 Å². The molecule has 2 aromatic rings. The van der Waals surface area contributed by atoms with Crippen molar-refractivity contribution in [2.45, 2.75) is 26.8 Å². The van der Waals surface area contributed by atoms with Gasteiger partial charge in [-0.2, -0.15) is 0 Å². The molecular weight excluding hydrogens is 314 g/mol. The van der Waals surface area contributed by atoms with Crippen LogP contribution in [0.1, 0.15) is 37.9 Å². The number of hydrogen-bond acceptors (Lipinski definition) is 3. The first-order chi connectivity index (χ1) is 12.1. The summed E-state index contributed by atoms with van der Waals surface area (Å²) in [5.41, 5.74) is 1.96. The van der Waals surface area contributed by atoms with Gasteiger partial charge in [0.25, 0.3) is 0 Å². The van der Waals surface area contributed by atoms with Gasteiger partial charge in [0, 0.05) is 6.08 Å². The first-order valence-corrected chi connectivity index (χ1v) is 8.57. The van der Waals surface area contributed by atoms with Crippen molar-refractivity contribution in [3.8, 4) is 11.5 Å². The van der Waals surface area contributed by atoms with E-state index >= 15 is 0 Å². The molecule has 0 bridgehead atoms. The number of ether oxygens (including phenoxy) is 2. The molecule has 0 radical (unpaired) electrons. The lowest BCUT2D eigenvalue weighted by atomic mass is 10.1. The first kappa shape index (κ1) is 18.6. The van der Waals surface area contributed by atoms with Crippen molar-refractivity contribution in [3.63, 3.8) is 0 Å². The van der Waals surface area contributed by atoms with Crippen LogP contribution in [-0.2, 0) is 4.79 Å². The van der Waals surface area contributed by atoms with Crippen LogP contribution in [0.2, 0.25) is 0 Å². The SMILES string of the molecule is CCOc1ccc(/C=C/C(=O)NC(C)c2ccccc2)cc1OCC. The van der Waals surface area contributed by atoms with Crippen LogP contribution in [0.25, 0.3) is 6.08 Å². The Balaban J connectivity index is 2.02. The van der Waals surface area contributed by atoms with E-state index in [9.17, 15) is 4.79 Å². The third-order valence-corrected chi connectivity index (χ3v) is 3.65. The number of benzene rings is 2. The predicted octanol–water partition coefficient (Wildman–Crippen LogP) is 4.37. The van der Waals surface area contributed by atoms with Crippen LogP contribution in [0.5, 0.6) is 11.5 Å². The molecule has 0 aliphatic heterocycles. The normalized spacial score (nSPS) is 12.0. The van der Waals surface area contributed by atoms with E-state index in [1.165, 1.54) is 6.08 Å². The van der Waals surface area contributed by atoms with Crippen LogP contribution in [0.4, 0.5) is 0 Å². The van der Waals surface area contributed by atoms with Gasteiger partial charge in [-0.1, -0.05) is 36.4 Å². The van der Waals surface area contributed by atoms with Gasteiger partial charge in [0.1, 0.15) is 0 Å². The van der Waals surface area contributed by atoms with Gasteiger partial charge in [-0.15, -0.1) is 0 Å². The van der Waals surface area contributed by atoms with Crippen LogP contribution in [0.15, 0.2) is 54.6 Å². The summed E-state index contributed by atoms with van der Waals surface area (Å²) in [6, 6.07) is 15.5. The second kappa shape index (κ2) is 9.52. The highest BCUT2D eigenvalue weighted by molar-refractivity contribution is 5.92. The maximum Gasteiger partial charge on any atom is 0.244 e. The third kappa shape index (κ3) is 5.68. The molecule has 1 unspecified atom stereocenters. The number of carbonyl (C=O) groups excluding carboxylic acids is 1. The highest BCUT2D eigenvalue weighted by Gasteiger charge is 2.07.